The first-order valence-electron chi connectivity index (χ1n) is 4.55. The molecule has 0 fully saturated rings. The topological polar surface area (TPSA) is 74.2 Å². The lowest BCUT2D eigenvalue weighted by Gasteiger charge is -2.01. The van der Waals surface area contributed by atoms with Gasteiger partial charge < -0.3 is 4.42 Å². The van der Waals surface area contributed by atoms with Crippen LogP contribution in [0.2, 0.25) is 5.02 Å². The number of fused-ring (bicyclic) bond motifs is 1. The van der Waals surface area contributed by atoms with Crippen molar-refractivity contribution in [3.8, 4) is 6.19 Å². The van der Waals surface area contributed by atoms with Crippen molar-refractivity contribution in [2.75, 3.05) is 6.26 Å². The van der Waals surface area contributed by atoms with Gasteiger partial charge in [0.25, 0.3) is 0 Å². The summed E-state index contributed by atoms with van der Waals surface area (Å²) in [5.74, 6) is 0. The number of hydrogen-bond donors (Lipinski definition) is 1. The number of amidine groups is 1. The zero-order valence-corrected chi connectivity index (χ0v) is 10.3. The lowest BCUT2D eigenvalue weighted by atomic mass is 10.3. The Balaban J connectivity index is 2.47. The van der Waals surface area contributed by atoms with Gasteiger partial charge in [-0.2, -0.15) is 5.26 Å². The molecular formula is C10H7ClN4OS. The van der Waals surface area contributed by atoms with E-state index in [9.17, 15) is 0 Å². The number of nitriles is 1. The molecule has 2 aromatic rings. The molecule has 1 aromatic carbocycles. The largest absolute Gasteiger partial charge is 0.443 e. The first-order valence-corrected chi connectivity index (χ1v) is 6.15. The fourth-order valence-electron chi connectivity index (χ4n) is 1.23. The number of nitrogens with zero attached hydrogens (tertiary/aromatic N) is 3. The highest BCUT2D eigenvalue weighted by molar-refractivity contribution is 8.13. The molecule has 5 nitrogen and oxygen atoms in total. The van der Waals surface area contributed by atoms with Gasteiger partial charge >= 0.3 is 0 Å². The fourth-order valence-corrected chi connectivity index (χ4v) is 1.77. The minimum atomic E-state index is 0.456. The van der Waals surface area contributed by atoms with E-state index < -0.39 is 0 Å². The van der Waals surface area contributed by atoms with Crippen LogP contribution in [0.1, 0.15) is 0 Å². The molecule has 0 aliphatic carbocycles. The smallest absolute Gasteiger partial charge is 0.183 e. The van der Waals surface area contributed by atoms with E-state index in [1.54, 1.807) is 12.1 Å². The Kier molecular flexibility index (Phi) is 3.52. The summed E-state index contributed by atoms with van der Waals surface area (Å²) in [6.07, 6.45) is 4.96. The Bertz CT molecular complexity index is 616. The van der Waals surface area contributed by atoms with Crippen LogP contribution in [0.15, 0.2) is 27.9 Å². The summed E-state index contributed by atoms with van der Waals surface area (Å²) >= 11 is 7.37. The van der Waals surface area contributed by atoms with Gasteiger partial charge in [0.05, 0.1) is 10.7 Å². The second-order valence-electron chi connectivity index (χ2n) is 2.98. The number of thioether (sulfide) groups is 1. The van der Waals surface area contributed by atoms with Gasteiger partial charge in [0, 0.05) is 6.07 Å². The average Bonchev–Trinajstić information content (AvgIpc) is 2.75. The minimum absolute atomic E-state index is 0.456. The van der Waals surface area contributed by atoms with Crippen LogP contribution < -0.4 is 5.32 Å². The first kappa shape index (κ1) is 11.8. The predicted octanol–water partition coefficient (Wildman–Crippen LogP) is 2.90. The fraction of sp³-hybridized carbons (Fsp3) is 0.100. The van der Waals surface area contributed by atoms with Crippen LogP contribution in [-0.2, 0) is 0 Å². The summed E-state index contributed by atoms with van der Waals surface area (Å²) in [6.45, 7) is 0. The zero-order valence-electron chi connectivity index (χ0n) is 8.77. The van der Waals surface area contributed by atoms with Crippen LogP contribution >= 0.6 is 23.4 Å². The third-order valence-electron chi connectivity index (χ3n) is 1.98. The van der Waals surface area contributed by atoms with Gasteiger partial charge in [-0.3, -0.25) is 5.32 Å². The van der Waals surface area contributed by atoms with E-state index in [0.29, 0.717) is 27.0 Å². The summed E-state index contributed by atoms with van der Waals surface area (Å²) in [4.78, 5) is 8.21. The van der Waals surface area contributed by atoms with E-state index in [-0.39, 0.29) is 0 Å². The van der Waals surface area contributed by atoms with Crippen molar-refractivity contribution in [1.82, 2.24) is 10.3 Å². The van der Waals surface area contributed by atoms with E-state index in [1.807, 2.05) is 12.4 Å². The number of benzene rings is 1. The first-order chi connectivity index (χ1) is 8.24. The van der Waals surface area contributed by atoms with Crippen LogP contribution in [0.25, 0.3) is 11.1 Å². The number of rotatable bonds is 1. The molecule has 0 bridgehead atoms. The van der Waals surface area contributed by atoms with Crippen LogP contribution in [0, 0.1) is 11.5 Å². The molecule has 1 N–H and O–H groups in total. The van der Waals surface area contributed by atoms with Crippen molar-refractivity contribution < 1.29 is 4.42 Å². The van der Waals surface area contributed by atoms with Crippen molar-refractivity contribution >= 4 is 45.3 Å². The van der Waals surface area contributed by atoms with E-state index in [1.165, 1.54) is 18.2 Å². The third-order valence-corrected chi connectivity index (χ3v) is 2.86. The lowest BCUT2D eigenvalue weighted by Crippen LogP contribution is -2.12. The molecule has 0 radical (unpaired) electrons. The molecule has 0 amide bonds. The summed E-state index contributed by atoms with van der Waals surface area (Å²) in [7, 11) is 0. The molecule has 0 aliphatic heterocycles. The molecule has 2 rings (SSSR count). The third kappa shape index (κ3) is 2.52. The molecule has 0 saturated carbocycles. The second-order valence-corrected chi connectivity index (χ2v) is 4.18. The normalized spacial score (nSPS) is 11.5. The summed E-state index contributed by atoms with van der Waals surface area (Å²) in [5, 5.41) is 11.9. The summed E-state index contributed by atoms with van der Waals surface area (Å²) in [5.41, 5.74) is 1.81. The highest BCUT2D eigenvalue weighted by Gasteiger charge is 2.06. The van der Waals surface area contributed by atoms with E-state index in [2.05, 4.69) is 15.3 Å². The zero-order chi connectivity index (χ0) is 12.3. The predicted molar refractivity (Wildman–Crippen MR) is 68.4 cm³/mol. The number of hydrogen-bond acceptors (Lipinski definition) is 5. The average molecular weight is 267 g/mol. The highest BCUT2D eigenvalue weighted by atomic mass is 35.5. The SMILES string of the molecule is CSC(=Nc1cc2ocnc2cc1Cl)NC#N. The maximum Gasteiger partial charge on any atom is 0.183 e. The summed E-state index contributed by atoms with van der Waals surface area (Å²) < 4.78 is 5.16. The Labute approximate surface area is 106 Å². The van der Waals surface area contributed by atoms with Gasteiger partial charge in [-0.15, -0.1) is 0 Å². The molecule has 0 unspecified atom stereocenters. The Morgan fingerprint density at radius 1 is 1.65 bits per heavy atom. The number of halogens is 1. The second kappa shape index (κ2) is 5.08. The van der Waals surface area contributed by atoms with E-state index in [0.717, 1.165) is 0 Å². The number of oxazole rings is 1. The van der Waals surface area contributed by atoms with Crippen LogP contribution in [0.4, 0.5) is 5.69 Å². The molecular weight excluding hydrogens is 260 g/mol. The molecule has 86 valence electrons. The van der Waals surface area contributed by atoms with Gasteiger partial charge in [0.1, 0.15) is 5.52 Å². The van der Waals surface area contributed by atoms with Crippen molar-refractivity contribution in [3.63, 3.8) is 0 Å². The Morgan fingerprint density at radius 2 is 2.47 bits per heavy atom. The molecule has 17 heavy (non-hydrogen) atoms. The lowest BCUT2D eigenvalue weighted by molar-refractivity contribution is 0.602. The van der Waals surface area contributed by atoms with E-state index >= 15 is 0 Å². The van der Waals surface area contributed by atoms with Gasteiger partial charge in [0.15, 0.2) is 23.3 Å². The van der Waals surface area contributed by atoms with Crippen molar-refractivity contribution in [1.29, 1.82) is 5.26 Å². The summed E-state index contributed by atoms with van der Waals surface area (Å²) in [6, 6.07) is 3.35. The molecule has 0 atom stereocenters. The van der Waals surface area contributed by atoms with Crippen molar-refractivity contribution in [2.45, 2.75) is 0 Å². The van der Waals surface area contributed by atoms with E-state index in [4.69, 9.17) is 21.3 Å². The van der Waals surface area contributed by atoms with Gasteiger partial charge in [0.2, 0.25) is 0 Å². The molecule has 1 heterocycles. The number of aliphatic imine (C=N–C) groups is 1. The van der Waals surface area contributed by atoms with Crippen molar-refractivity contribution in [3.05, 3.63) is 23.5 Å². The maximum atomic E-state index is 8.54. The van der Waals surface area contributed by atoms with Crippen molar-refractivity contribution in [2.24, 2.45) is 4.99 Å². The molecule has 0 saturated heterocycles. The molecule has 0 aliphatic rings. The quantitative estimate of drug-likeness (QED) is 0.372. The van der Waals surface area contributed by atoms with Crippen LogP contribution in [0.3, 0.4) is 0 Å². The van der Waals surface area contributed by atoms with Crippen LogP contribution in [-0.4, -0.2) is 16.4 Å². The van der Waals surface area contributed by atoms with Gasteiger partial charge in [-0.25, -0.2) is 9.98 Å². The molecule has 0 spiro atoms. The van der Waals surface area contributed by atoms with Gasteiger partial charge in [-0.1, -0.05) is 23.4 Å². The van der Waals surface area contributed by atoms with Crippen LogP contribution in [0.5, 0.6) is 0 Å². The highest BCUT2D eigenvalue weighted by Crippen LogP contribution is 2.30. The van der Waals surface area contributed by atoms with Gasteiger partial charge in [-0.05, 0) is 12.3 Å². The maximum absolute atomic E-state index is 8.54. The Hall–Kier alpha value is -1.71. The molecule has 1 aromatic heterocycles. The monoisotopic (exact) mass is 266 g/mol. The molecule has 7 heteroatoms. The number of nitrogens with one attached hydrogen (secondary N) is 1. The standard InChI is InChI=1S/C10H7ClN4OS/c1-17-10(13-4-12)15-7-3-9-8(2-6(7)11)14-5-16-9/h2-3,5H,1H3,(H,13,15). The number of aromatic nitrogens is 1. The minimum Gasteiger partial charge on any atom is -0.443 e. The Morgan fingerprint density at radius 3 is 3.18 bits per heavy atom.